The summed E-state index contributed by atoms with van der Waals surface area (Å²) in [5.74, 6) is -2.23. The molecule has 0 saturated heterocycles. The number of benzene rings is 1. The predicted molar refractivity (Wildman–Crippen MR) is 84.3 cm³/mol. The summed E-state index contributed by atoms with van der Waals surface area (Å²) in [5, 5.41) is 27.1. The van der Waals surface area contributed by atoms with Gasteiger partial charge in [0.25, 0.3) is 5.91 Å². The number of carbonyl (C=O) groups excluding carboxylic acids is 1. The lowest BCUT2D eigenvalue weighted by atomic mass is 9.81. The fourth-order valence-electron chi connectivity index (χ4n) is 2.58. The molecule has 5 N–H and O–H groups in total. The van der Waals surface area contributed by atoms with Gasteiger partial charge in [0.1, 0.15) is 5.82 Å². The fraction of sp³-hybridized carbons (Fsp3) is 0.333. The maximum absolute atomic E-state index is 12.9. The van der Waals surface area contributed by atoms with Crippen LogP contribution >= 0.6 is 0 Å². The molecule has 0 unspecified atom stereocenters. The zero-order valence-electron chi connectivity index (χ0n) is 12.9. The minimum absolute atomic E-state index is 0.0684. The number of rotatable bonds is 6. The summed E-state index contributed by atoms with van der Waals surface area (Å²) >= 11 is 0. The second-order valence-corrected chi connectivity index (χ2v) is 5.74. The number of halogens is 1. The summed E-state index contributed by atoms with van der Waals surface area (Å²) in [6.45, 7) is -0.241. The smallest absolute Gasteiger partial charge is 0.451 e. The molecule has 0 aromatic heterocycles. The molecule has 128 valence electrons. The number of carboxylic acid groups (broad SMARTS) is 1. The molecular formula is C15H18BFN2O5. The van der Waals surface area contributed by atoms with Crippen LogP contribution in [0.1, 0.15) is 23.2 Å². The highest BCUT2D eigenvalue weighted by molar-refractivity contribution is 6.40. The Morgan fingerprint density at radius 3 is 2.46 bits per heavy atom. The van der Waals surface area contributed by atoms with Gasteiger partial charge in [0, 0.05) is 11.8 Å². The quantitative estimate of drug-likeness (QED) is 0.550. The van der Waals surface area contributed by atoms with E-state index in [9.17, 15) is 19.1 Å². The highest BCUT2D eigenvalue weighted by Gasteiger charge is 2.45. The van der Waals surface area contributed by atoms with Crippen LogP contribution in [0.4, 0.5) is 4.39 Å². The van der Waals surface area contributed by atoms with E-state index in [0.717, 1.165) is 12.1 Å². The third-order valence-electron chi connectivity index (χ3n) is 3.95. The first-order valence-corrected chi connectivity index (χ1v) is 7.40. The highest BCUT2D eigenvalue weighted by atomic mass is 19.1. The minimum atomic E-state index is -1.73. The van der Waals surface area contributed by atoms with Gasteiger partial charge in [0.05, 0.1) is 6.54 Å². The Hall–Kier alpha value is -2.23. The molecule has 0 saturated carbocycles. The largest absolute Gasteiger partial charge is 0.480 e. The molecule has 1 aromatic rings. The van der Waals surface area contributed by atoms with E-state index in [1.807, 2.05) is 0 Å². The van der Waals surface area contributed by atoms with Gasteiger partial charge in [0.15, 0.2) is 5.54 Å². The molecule has 0 aliphatic carbocycles. The lowest BCUT2D eigenvalue weighted by molar-refractivity contribution is -0.141. The maximum Gasteiger partial charge on any atom is 0.451 e. The van der Waals surface area contributed by atoms with Crippen LogP contribution in [0, 0.1) is 5.82 Å². The van der Waals surface area contributed by atoms with Crippen LogP contribution in [0.25, 0.3) is 0 Å². The van der Waals surface area contributed by atoms with Gasteiger partial charge in [-0.15, -0.1) is 0 Å². The Morgan fingerprint density at radius 2 is 1.92 bits per heavy atom. The van der Waals surface area contributed by atoms with Crippen molar-refractivity contribution in [3.8, 4) is 0 Å². The number of carboxylic acids is 1. The molecule has 1 atom stereocenters. The van der Waals surface area contributed by atoms with Gasteiger partial charge >= 0.3 is 13.1 Å². The Bertz CT molecular complexity index is 664. The molecule has 0 fully saturated rings. The van der Waals surface area contributed by atoms with Crippen LogP contribution in [0.15, 0.2) is 36.0 Å². The lowest BCUT2D eigenvalue weighted by Crippen LogP contribution is -2.53. The molecular weight excluding hydrogens is 318 g/mol. The molecule has 9 heteroatoms. The standard InChI is InChI=1S/C15H18BFN2O5/c17-12-5-3-10(4-6-12)13(20)19-8-11(2-1-7-16(23)24)15(18,9-19)14(21)22/h3-6,8,23-24H,1-2,7,9,18H2,(H,21,22)/t15-/m0/s1. The van der Waals surface area contributed by atoms with Gasteiger partial charge in [0.2, 0.25) is 0 Å². The van der Waals surface area contributed by atoms with Crippen LogP contribution < -0.4 is 5.73 Å². The topological polar surface area (TPSA) is 124 Å². The summed E-state index contributed by atoms with van der Waals surface area (Å²) in [4.78, 5) is 25.1. The zero-order chi connectivity index (χ0) is 17.9. The zero-order valence-corrected chi connectivity index (χ0v) is 12.9. The Balaban J connectivity index is 2.19. The lowest BCUT2D eigenvalue weighted by Gasteiger charge is -2.23. The SMILES string of the molecule is N[C@@]1(C(=O)O)CN(C(=O)c2ccc(F)cc2)C=C1CCCB(O)O. The van der Waals surface area contributed by atoms with E-state index in [1.165, 1.54) is 23.2 Å². The average Bonchev–Trinajstić information content (AvgIpc) is 2.86. The summed E-state index contributed by atoms with van der Waals surface area (Å²) in [6.07, 6.45) is 1.98. The van der Waals surface area contributed by atoms with Crippen molar-refractivity contribution in [2.45, 2.75) is 24.7 Å². The Labute approximate surface area is 138 Å². The van der Waals surface area contributed by atoms with Crippen molar-refractivity contribution in [2.24, 2.45) is 5.73 Å². The van der Waals surface area contributed by atoms with Crippen molar-refractivity contribution in [3.63, 3.8) is 0 Å². The maximum atomic E-state index is 12.9. The number of aliphatic carboxylic acids is 1. The number of amides is 1. The third kappa shape index (κ3) is 3.81. The van der Waals surface area contributed by atoms with Crippen LogP contribution in [-0.2, 0) is 4.79 Å². The number of hydrogen-bond acceptors (Lipinski definition) is 5. The summed E-state index contributed by atoms with van der Waals surface area (Å²) in [5.41, 5.74) is 4.76. The molecule has 7 nitrogen and oxygen atoms in total. The van der Waals surface area contributed by atoms with E-state index < -0.39 is 30.4 Å². The first-order valence-electron chi connectivity index (χ1n) is 7.40. The first-order chi connectivity index (χ1) is 11.2. The Kier molecular flexibility index (Phi) is 5.38. The Morgan fingerprint density at radius 1 is 1.29 bits per heavy atom. The number of nitrogens with two attached hydrogens (primary N) is 1. The number of hydrogen-bond donors (Lipinski definition) is 4. The molecule has 1 amide bonds. The molecule has 0 radical (unpaired) electrons. The van der Waals surface area contributed by atoms with Crippen molar-refractivity contribution in [1.29, 1.82) is 0 Å². The summed E-state index contributed by atoms with van der Waals surface area (Å²) < 4.78 is 12.9. The average molecular weight is 336 g/mol. The molecule has 0 spiro atoms. The molecule has 2 rings (SSSR count). The van der Waals surface area contributed by atoms with Gasteiger partial charge in [-0.2, -0.15) is 0 Å². The van der Waals surface area contributed by atoms with Crippen LogP contribution in [0.5, 0.6) is 0 Å². The van der Waals surface area contributed by atoms with Gasteiger partial charge in [-0.1, -0.05) is 6.42 Å². The van der Waals surface area contributed by atoms with Gasteiger partial charge in [-0.25, -0.2) is 9.18 Å². The molecule has 24 heavy (non-hydrogen) atoms. The molecule has 1 aliphatic rings. The van der Waals surface area contributed by atoms with Crippen molar-refractivity contribution in [3.05, 3.63) is 47.4 Å². The van der Waals surface area contributed by atoms with Crippen LogP contribution in [0.2, 0.25) is 6.32 Å². The van der Waals surface area contributed by atoms with Crippen molar-refractivity contribution in [1.82, 2.24) is 4.90 Å². The predicted octanol–water partition coefficient (Wildman–Crippen LogP) is 0.201. The van der Waals surface area contributed by atoms with Gasteiger partial charge < -0.3 is 25.8 Å². The van der Waals surface area contributed by atoms with Gasteiger partial charge in [-0.05, 0) is 42.6 Å². The van der Waals surface area contributed by atoms with Crippen LogP contribution in [0.3, 0.4) is 0 Å². The van der Waals surface area contributed by atoms with E-state index >= 15 is 0 Å². The monoisotopic (exact) mass is 336 g/mol. The molecule has 0 bridgehead atoms. The second-order valence-electron chi connectivity index (χ2n) is 5.74. The summed E-state index contributed by atoms with van der Waals surface area (Å²) in [7, 11) is -1.49. The molecule has 1 aliphatic heterocycles. The minimum Gasteiger partial charge on any atom is -0.480 e. The number of nitrogens with zero attached hydrogens (tertiary/aromatic N) is 1. The van der Waals surface area contributed by atoms with E-state index in [-0.39, 0.29) is 24.8 Å². The second kappa shape index (κ2) is 7.12. The van der Waals surface area contributed by atoms with E-state index in [1.54, 1.807) is 0 Å². The summed E-state index contributed by atoms with van der Waals surface area (Å²) in [6, 6.07) is 4.90. The molecule has 1 heterocycles. The number of carbonyl (C=O) groups is 2. The van der Waals surface area contributed by atoms with E-state index in [4.69, 9.17) is 15.8 Å². The van der Waals surface area contributed by atoms with E-state index in [2.05, 4.69) is 0 Å². The third-order valence-corrected chi connectivity index (χ3v) is 3.95. The van der Waals surface area contributed by atoms with Gasteiger partial charge in [-0.3, -0.25) is 4.79 Å². The fourth-order valence-corrected chi connectivity index (χ4v) is 2.58. The first kappa shape index (κ1) is 18.1. The van der Waals surface area contributed by atoms with Crippen molar-refractivity contribution >= 4 is 19.0 Å². The highest BCUT2D eigenvalue weighted by Crippen LogP contribution is 2.30. The normalized spacial score (nSPS) is 20.0. The molecule has 1 aromatic carbocycles. The van der Waals surface area contributed by atoms with Crippen molar-refractivity contribution in [2.75, 3.05) is 6.54 Å². The van der Waals surface area contributed by atoms with Crippen LogP contribution in [-0.4, -0.2) is 51.1 Å². The van der Waals surface area contributed by atoms with Crippen molar-refractivity contribution < 1.29 is 29.1 Å². The van der Waals surface area contributed by atoms with E-state index in [0.29, 0.717) is 12.0 Å².